The largest absolute Gasteiger partial charge is 0.444 e. The van der Waals surface area contributed by atoms with Crippen LogP contribution in [0.1, 0.15) is 79.5 Å². The van der Waals surface area contributed by atoms with Crippen molar-refractivity contribution in [2.75, 3.05) is 5.32 Å². The zero-order valence-corrected chi connectivity index (χ0v) is 39.5. The lowest BCUT2D eigenvalue weighted by atomic mass is 9.72. The molecule has 4 aromatic carbocycles. The van der Waals surface area contributed by atoms with Crippen LogP contribution in [0, 0.1) is 13.8 Å². The molecule has 0 atom stereocenters. The van der Waals surface area contributed by atoms with Crippen LogP contribution < -0.4 is 5.32 Å². The molecule has 0 unspecified atom stereocenters. The van der Waals surface area contributed by atoms with Crippen molar-refractivity contribution in [3.05, 3.63) is 199 Å². The van der Waals surface area contributed by atoms with Crippen molar-refractivity contribution < 1.29 is 9.53 Å². The number of aromatic nitrogens is 4. The van der Waals surface area contributed by atoms with Gasteiger partial charge in [-0.1, -0.05) is 114 Å². The summed E-state index contributed by atoms with van der Waals surface area (Å²) in [7, 11) is 0. The number of nitrogens with zero attached hydrogens (tertiary/aromatic N) is 2. The highest BCUT2D eigenvalue weighted by atomic mass is 16.6. The average Bonchev–Trinajstić information content (AvgIpc) is 4.16. The molecule has 0 saturated carbocycles. The van der Waals surface area contributed by atoms with Gasteiger partial charge in [-0.15, -0.1) is 19.7 Å². The number of carbonyl (C=O) groups is 1. The highest BCUT2D eigenvalue weighted by molar-refractivity contribution is 6.00. The lowest BCUT2D eigenvalue weighted by Crippen LogP contribution is -2.27. The van der Waals surface area contributed by atoms with E-state index in [0.717, 1.165) is 109 Å². The van der Waals surface area contributed by atoms with Crippen LogP contribution in [0.3, 0.4) is 0 Å². The first-order chi connectivity index (χ1) is 32.8. The number of nitrogens with one attached hydrogen (secondary N) is 3. The van der Waals surface area contributed by atoms with E-state index < -0.39 is 11.7 Å². The van der Waals surface area contributed by atoms with Crippen LogP contribution >= 0.6 is 0 Å². The Morgan fingerprint density at radius 2 is 0.838 bits per heavy atom. The molecule has 5 heterocycles. The van der Waals surface area contributed by atoms with Gasteiger partial charge in [0.15, 0.2) is 0 Å². The Labute approximate surface area is 399 Å². The number of ether oxygens (including phenoxy) is 1. The number of hydrogen-bond acceptors (Lipinski definition) is 4. The topological polar surface area (TPSA) is 95.7 Å². The molecular formula is C61H57N5O2. The number of carbonyl (C=O) groups excluding carboxylic acids is 1. The SMILES string of the molecule is C=CCC(CC=C)(CC=C)c1ccc(-c2c3nc(c(-c4ccc(C)cc4)c4ccc([nH]4)c(-c4ccc(NC(=O)OC(C)(C)C)cc4)c4nc(c(-c5ccc(C)cc5)c5ccc2[nH]5)C=C4)C=C3)cc1. The van der Waals surface area contributed by atoms with Crippen LogP contribution in [0.25, 0.3) is 90.9 Å². The van der Waals surface area contributed by atoms with E-state index in [4.69, 9.17) is 14.7 Å². The Morgan fingerprint density at radius 1 is 0.515 bits per heavy atom. The summed E-state index contributed by atoms with van der Waals surface area (Å²) in [4.78, 5) is 31.4. The van der Waals surface area contributed by atoms with Gasteiger partial charge in [0.25, 0.3) is 0 Å². The third kappa shape index (κ3) is 9.20. The molecule has 0 saturated heterocycles. The Bertz CT molecular complexity index is 3230. The molecule has 68 heavy (non-hydrogen) atoms. The summed E-state index contributed by atoms with van der Waals surface area (Å²) in [5.41, 5.74) is 18.2. The highest BCUT2D eigenvalue weighted by Crippen LogP contribution is 2.41. The van der Waals surface area contributed by atoms with E-state index in [9.17, 15) is 4.79 Å². The minimum absolute atomic E-state index is 0.184. The second-order valence-electron chi connectivity index (χ2n) is 18.8. The van der Waals surface area contributed by atoms with Crippen molar-refractivity contribution in [1.29, 1.82) is 0 Å². The van der Waals surface area contributed by atoms with Crippen molar-refractivity contribution >= 4 is 58.2 Å². The Balaban J connectivity index is 1.34. The molecule has 2 aliphatic heterocycles. The van der Waals surface area contributed by atoms with Gasteiger partial charge in [-0.2, -0.15) is 0 Å². The molecule has 0 radical (unpaired) electrons. The number of H-pyrrole nitrogens is 2. The summed E-state index contributed by atoms with van der Waals surface area (Å²) in [6.45, 7) is 22.1. The maximum Gasteiger partial charge on any atom is 0.412 e. The monoisotopic (exact) mass is 891 g/mol. The van der Waals surface area contributed by atoms with Gasteiger partial charge in [0.1, 0.15) is 5.60 Å². The molecule has 3 N–H and O–H groups in total. The fraction of sp³-hybridized carbons (Fsp3) is 0.164. The predicted octanol–water partition coefficient (Wildman–Crippen LogP) is 16.3. The number of aryl methyl sites for hydroxylation is 2. The number of amides is 1. The van der Waals surface area contributed by atoms with E-state index in [1.807, 2.05) is 63.3 Å². The number of anilines is 1. The smallest absolute Gasteiger partial charge is 0.412 e. The lowest BCUT2D eigenvalue weighted by Gasteiger charge is -2.32. The summed E-state index contributed by atoms with van der Waals surface area (Å²) in [5.74, 6) is 0. The van der Waals surface area contributed by atoms with Gasteiger partial charge in [-0.05, 0) is 142 Å². The summed E-state index contributed by atoms with van der Waals surface area (Å²) in [6.07, 6.45) is 16.4. The quantitative estimate of drug-likeness (QED) is 0.106. The highest BCUT2D eigenvalue weighted by Gasteiger charge is 2.29. The van der Waals surface area contributed by atoms with Crippen molar-refractivity contribution in [2.24, 2.45) is 0 Å². The van der Waals surface area contributed by atoms with E-state index >= 15 is 0 Å². The van der Waals surface area contributed by atoms with Gasteiger partial charge in [0, 0.05) is 55.4 Å². The van der Waals surface area contributed by atoms with Gasteiger partial charge < -0.3 is 14.7 Å². The number of benzene rings is 4. The third-order valence-electron chi connectivity index (χ3n) is 12.6. The molecule has 2 aliphatic rings. The third-order valence-corrected chi connectivity index (χ3v) is 12.6. The number of aromatic amines is 2. The first kappa shape index (κ1) is 45.1. The minimum atomic E-state index is -0.622. The molecule has 3 aromatic heterocycles. The van der Waals surface area contributed by atoms with Gasteiger partial charge in [-0.3, -0.25) is 5.32 Å². The normalized spacial score (nSPS) is 12.2. The lowest BCUT2D eigenvalue weighted by molar-refractivity contribution is 0.0636. The number of hydrogen-bond donors (Lipinski definition) is 3. The molecule has 1 amide bonds. The van der Waals surface area contributed by atoms with Crippen molar-refractivity contribution in [3.63, 3.8) is 0 Å². The van der Waals surface area contributed by atoms with Crippen LogP contribution in [0.4, 0.5) is 10.5 Å². The first-order valence-corrected chi connectivity index (χ1v) is 23.2. The van der Waals surface area contributed by atoms with Gasteiger partial charge in [-0.25, -0.2) is 14.8 Å². The maximum atomic E-state index is 12.7. The van der Waals surface area contributed by atoms with Crippen molar-refractivity contribution in [3.8, 4) is 44.5 Å². The molecule has 0 spiro atoms. The van der Waals surface area contributed by atoms with Crippen molar-refractivity contribution in [1.82, 2.24) is 19.9 Å². The summed E-state index contributed by atoms with van der Waals surface area (Å²) < 4.78 is 5.54. The molecule has 0 aliphatic carbocycles. The Hall–Kier alpha value is -8.03. The van der Waals surface area contributed by atoms with Crippen LogP contribution in [-0.2, 0) is 10.2 Å². The molecule has 9 rings (SSSR count). The second-order valence-corrected chi connectivity index (χ2v) is 18.8. The van der Waals surface area contributed by atoms with E-state index in [2.05, 4.69) is 170 Å². The summed E-state index contributed by atoms with van der Waals surface area (Å²) >= 11 is 0. The zero-order chi connectivity index (χ0) is 47.6. The van der Waals surface area contributed by atoms with Crippen LogP contribution in [-0.4, -0.2) is 31.6 Å². The van der Waals surface area contributed by atoms with Crippen LogP contribution in [0.5, 0.6) is 0 Å². The molecule has 8 bridgehead atoms. The van der Waals surface area contributed by atoms with Crippen LogP contribution in [0.2, 0.25) is 0 Å². The summed E-state index contributed by atoms with van der Waals surface area (Å²) in [6, 6.07) is 42.5. The van der Waals surface area contributed by atoms with Gasteiger partial charge >= 0.3 is 6.09 Å². The molecule has 0 fully saturated rings. The average molecular weight is 892 g/mol. The molecule has 7 nitrogen and oxygen atoms in total. The Kier molecular flexibility index (Phi) is 12.4. The molecule has 7 heteroatoms. The second kappa shape index (κ2) is 18.7. The molecule has 338 valence electrons. The minimum Gasteiger partial charge on any atom is -0.444 e. The van der Waals surface area contributed by atoms with Gasteiger partial charge in [0.2, 0.25) is 0 Å². The Morgan fingerprint density at radius 3 is 1.16 bits per heavy atom. The van der Waals surface area contributed by atoms with E-state index in [1.165, 1.54) is 16.7 Å². The fourth-order valence-electron chi connectivity index (χ4n) is 9.43. The van der Waals surface area contributed by atoms with Crippen LogP contribution in [0.15, 0.2) is 159 Å². The number of rotatable bonds is 12. The molecule has 7 aromatic rings. The maximum absolute atomic E-state index is 12.7. The van der Waals surface area contributed by atoms with Gasteiger partial charge in [0.05, 0.1) is 22.8 Å². The van der Waals surface area contributed by atoms with E-state index in [1.54, 1.807) is 0 Å². The number of allylic oxidation sites excluding steroid dienone is 3. The molecular weight excluding hydrogens is 835 g/mol. The fourth-order valence-corrected chi connectivity index (χ4v) is 9.43. The summed E-state index contributed by atoms with van der Waals surface area (Å²) in [5, 5.41) is 2.88. The predicted molar refractivity (Wildman–Crippen MR) is 286 cm³/mol. The first-order valence-electron chi connectivity index (χ1n) is 23.2. The van der Waals surface area contributed by atoms with Crippen molar-refractivity contribution in [2.45, 2.75) is 64.9 Å². The zero-order valence-electron chi connectivity index (χ0n) is 39.5. The standard InChI is InChI=1S/C61H57N5O2/c1-9-36-61(37-10-2,38-11-3)45-24-20-43(21-25-45)57-51-32-28-47(63-51)55(41-16-12-39(4)13-17-41)49-30-34-53(65-49)58(44-22-26-46(27-23-44)62-59(67)68-60(6,7)8)54-35-31-50(66-54)56(48-29-33-52(57)64-48)42-18-14-40(5)15-19-42/h9-35,63,66H,1-3,36-38H2,4-8H3,(H,62,67). The van der Waals surface area contributed by atoms with E-state index in [-0.39, 0.29) is 5.41 Å². The number of fused-ring (bicyclic) bond motifs is 8. The van der Waals surface area contributed by atoms with E-state index in [0.29, 0.717) is 5.69 Å².